The number of anilines is 2. The van der Waals surface area contributed by atoms with Crippen LogP contribution in [0.1, 0.15) is 15.9 Å². The number of hydrogen-bond acceptors (Lipinski definition) is 7. The van der Waals surface area contributed by atoms with Gasteiger partial charge in [-0.25, -0.2) is 4.39 Å². The third-order valence-corrected chi connectivity index (χ3v) is 5.82. The zero-order chi connectivity index (χ0) is 24.5. The van der Waals surface area contributed by atoms with E-state index in [0.29, 0.717) is 54.4 Å². The molecule has 4 aromatic rings. The van der Waals surface area contributed by atoms with E-state index in [0.717, 1.165) is 5.56 Å². The number of nitrogens with zero attached hydrogens (tertiary/aromatic N) is 5. The summed E-state index contributed by atoms with van der Waals surface area (Å²) in [5, 5.41) is 23.4. The minimum Gasteiger partial charge on any atom is -0.378 e. The number of hydrogen-bond donors (Lipinski definition) is 1. The highest BCUT2D eigenvalue weighted by molar-refractivity contribution is 6.06. The highest BCUT2D eigenvalue weighted by atomic mass is 19.1. The topological polar surface area (TPSA) is 115 Å². The largest absolute Gasteiger partial charge is 0.378 e. The molecule has 0 radical (unpaired) electrons. The Kier molecular flexibility index (Phi) is 5.83. The lowest BCUT2D eigenvalue weighted by molar-refractivity contribution is -0.384. The van der Waals surface area contributed by atoms with E-state index in [2.05, 4.69) is 15.5 Å². The van der Waals surface area contributed by atoms with E-state index in [1.807, 2.05) is 11.8 Å². The van der Waals surface area contributed by atoms with Crippen LogP contribution in [0.4, 0.5) is 21.5 Å². The summed E-state index contributed by atoms with van der Waals surface area (Å²) in [6.07, 6.45) is 0. The molecule has 1 fully saturated rings. The van der Waals surface area contributed by atoms with Crippen LogP contribution in [0.15, 0.2) is 54.6 Å². The Bertz CT molecular complexity index is 1430. The number of nitro benzene ring substituents is 1. The molecule has 178 valence electrons. The summed E-state index contributed by atoms with van der Waals surface area (Å²) in [6, 6.07) is 13.7. The molecule has 0 saturated carbocycles. The van der Waals surface area contributed by atoms with E-state index in [9.17, 15) is 19.3 Å². The second-order valence-electron chi connectivity index (χ2n) is 8.14. The number of benzene rings is 3. The monoisotopic (exact) mass is 476 g/mol. The van der Waals surface area contributed by atoms with Crippen LogP contribution in [0, 0.1) is 22.9 Å². The molecule has 2 heterocycles. The summed E-state index contributed by atoms with van der Waals surface area (Å²) >= 11 is 0. The second kappa shape index (κ2) is 9.11. The van der Waals surface area contributed by atoms with E-state index >= 15 is 0 Å². The van der Waals surface area contributed by atoms with Gasteiger partial charge in [0.05, 0.1) is 23.8 Å². The van der Waals surface area contributed by atoms with Crippen LogP contribution < -0.4 is 10.2 Å². The normalized spacial score (nSPS) is 13.7. The van der Waals surface area contributed by atoms with Crippen LogP contribution in [-0.2, 0) is 4.74 Å². The molecule has 3 aromatic carbocycles. The van der Waals surface area contributed by atoms with Gasteiger partial charge < -0.3 is 15.0 Å². The van der Waals surface area contributed by atoms with Crippen LogP contribution in [0.3, 0.4) is 0 Å². The lowest BCUT2D eigenvalue weighted by Gasteiger charge is -2.28. The number of carbonyl (C=O) groups is 1. The second-order valence-corrected chi connectivity index (χ2v) is 8.14. The molecule has 10 nitrogen and oxygen atoms in total. The van der Waals surface area contributed by atoms with Crippen LogP contribution in [0.2, 0.25) is 0 Å². The van der Waals surface area contributed by atoms with Crippen molar-refractivity contribution in [1.29, 1.82) is 0 Å². The number of aryl methyl sites for hydroxylation is 1. The van der Waals surface area contributed by atoms with Crippen LogP contribution in [-0.4, -0.2) is 52.1 Å². The van der Waals surface area contributed by atoms with E-state index in [1.165, 1.54) is 23.0 Å². The van der Waals surface area contributed by atoms with Crippen molar-refractivity contribution < 1.29 is 18.8 Å². The fourth-order valence-electron chi connectivity index (χ4n) is 3.97. The minimum absolute atomic E-state index is 0.131. The highest BCUT2D eigenvalue weighted by Gasteiger charge is 2.23. The van der Waals surface area contributed by atoms with Crippen LogP contribution >= 0.6 is 0 Å². The Morgan fingerprint density at radius 2 is 1.74 bits per heavy atom. The first-order valence-electron chi connectivity index (χ1n) is 11.0. The highest BCUT2D eigenvalue weighted by Crippen LogP contribution is 2.30. The maximum absolute atomic E-state index is 13.2. The maximum atomic E-state index is 13.2. The van der Waals surface area contributed by atoms with Crippen molar-refractivity contribution in [3.05, 3.63) is 81.7 Å². The predicted octanol–water partition coefficient (Wildman–Crippen LogP) is 3.87. The van der Waals surface area contributed by atoms with Gasteiger partial charge in [-0.2, -0.15) is 4.80 Å². The average molecular weight is 476 g/mol. The molecule has 1 aliphatic heterocycles. The van der Waals surface area contributed by atoms with Gasteiger partial charge in [0.15, 0.2) is 0 Å². The SMILES string of the molecule is Cc1cc2nn(-c3ccc(F)cc3)nc2cc1NC(=O)c1ccc(N2CCOCC2)c([N+](=O)[O-])c1. The van der Waals surface area contributed by atoms with Crippen molar-refractivity contribution in [3.8, 4) is 5.69 Å². The number of carbonyl (C=O) groups excluding carboxylic acids is 1. The van der Waals surface area contributed by atoms with Gasteiger partial charge in [0.25, 0.3) is 11.6 Å². The summed E-state index contributed by atoms with van der Waals surface area (Å²) in [5.41, 5.74) is 3.49. The van der Waals surface area contributed by atoms with Gasteiger partial charge in [0.1, 0.15) is 22.5 Å². The van der Waals surface area contributed by atoms with Gasteiger partial charge in [-0.1, -0.05) is 0 Å². The molecule has 5 rings (SSSR count). The summed E-state index contributed by atoms with van der Waals surface area (Å²) in [4.78, 5) is 27.5. The van der Waals surface area contributed by atoms with Crippen LogP contribution in [0.25, 0.3) is 16.7 Å². The average Bonchev–Trinajstić information content (AvgIpc) is 3.27. The number of fused-ring (bicyclic) bond motifs is 1. The number of halogens is 1. The molecule has 35 heavy (non-hydrogen) atoms. The number of rotatable bonds is 5. The third-order valence-electron chi connectivity index (χ3n) is 5.82. The molecule has 1 N–H and O–H groups in total. The fourth-order valence-corrected chi connectivity index (χ4v) is 3.97. The Morgan fingerprint density at radius 3 is 2.43 bits per heavy atom. The van der Waals surface area contributed by atoms with E-state index in [-0.39, 0.29) is 17.1 Å². The molecule has 11 heteroatoms. The fraction of sp³-hybridized carbons (Fsp3) is 0.208. The molecule has 1 amide bonds. The van der Waals surface area contributed by atoms with Crippen LogP contribution in [0.5, 0.6) is 0 Å². The Labute approximate surface area is 199 Å². The number of nitro groups is 1. The standard InChI is InChI=1S/C24H21FN6O4/c1-15-12-20-21(28-30(27-20)18-5-3-17(25)4-6-18)14-19(15)26-24(32)16-2-7-22(23(13-16)31(33)34)29-8-10-35-11-9-29/h2-7,12-14H,8-11H2,1H3,(H,26,32). The lowest BCUT2D eigenvalue weighted by atomic mass is 10.1. The van der Waals surface area contributed by atoms with Gasteiger partial charge in [-0.05, 0) is 61.0 Å². The Hall–Kier alpha value is -4.38. The summed E-state index contributed by atoms with van der Waals surface area (Å²) in [7, 11) is 0. The molecular weight excluding hydrogens is 455 g/mol. The van der Waals surface area contributed by atoms with Gasteiger partial charge in [-0.3, -0.25) is 14.9 Å². The van der Waals surface area contributed by atoms with Gasteiger partial charge >= 0.3 is 0 Å². The molecule has 1 aliphatic rings. The van der Waals surface area contributed by atoms with E-state index in [1.54, 1.807) is 36.4 Å². The predicted molar refractivity (Wildman–Crippen MR) is 128 cm³/mol. The molecule has 0 aliphatic carbocycles. The third kappa shape index (κ3) is 4.53. The molecule has 0 unspecified atom stereocenters. The zero-order valence-electron chi connectivity index (χ0n) is 18.8. The summed E-state index contributed by atoms with van der Waals surface area (Å²) in [6.45, 7) is 3.89. The smallest absolute Gasteiger partial charge is 0.293 e. The maximum Gasteiger partial charge on any atom is 0.293 e. The first-order valence-corrected chi connectivity index (χ1v) is 11.0. The van der Waals surface area contributed by atoms with Gasteiger partial charge in [-0.15, -0.1) is 10.2 Å². The lowest BCUT2D eigenvalue weighted by Crippen LogP contribution is -2.36. The van der Waals surface area contributed by atoms with Crippen molar-refractivity contribution in [3.63, 3.8) is 0 Å². The minimum atomic E-state index is -0.480. The van der Waals surface area contributed by atoms with E-state index in [4.69, 9.17) is 4.74 Å². The molecule has 1 aromatic heterocycles. The first kappa shape index (κ1) is 22.4. The number of aromatic nitrogens is 3. The molecule has 0 spiro atoms. The number of morpholine rings is 1. The first-order chi connectivity index (χ1) is 16.9. The van der Waals surface area contributed by atoms with Crippen molar-refractivity contribution in [2.45, 2.75) is 6.92 Å². The molecule has 0 bridgehead atoms. The van der Waals surface area contributed by atoms with Crippen molar-refractivity contribution in [2.75, 3.05) is 36.5 Å². The molecular formula is C24H21FN6O4. The molecule has 0 atom stereocenters. The summed E-state index contributed by atoms with van der Waals surface area (Å²) in [5.74, 6) is -0.834. The van der Waals surface area contributed by atoms with Crippen molar-refractivity contribution >= 4 is 34.0 Å². The Morgan fingerprint density at radius 1 is 1.06 bits per heavy atom. The number of nitrogens with one attached hydrogen (secondary N) is 1. The van der Waals surface area contributed by atoms with E-state index < -0.39 is 10.8 Å². The zero-order valence-corrected chi connectivity index (χ0v) is 18.8. The van der Waals surface area contributed by atoms with Gasteiger partial charge in [0.2, 0.25) is 0 Å². The summed E-state index contributed by atoms with van der Waals surface area (Å²) < 4.78 is 18.5. The van der Waals surface area contributed by atoms with Crippen molar-refractivity contribution in [2.24, 2.45) is 0 Å². The Balaban J connectivity index is 1.41. The van der Waals surface area contributed by atoms with Gasteiger partial charge in [0, 0.05) is 30.4 Å². The quantitative estimate of drug-likeness (QED) is 0.343. The molecule has 1 saturated heterocycles. The number of amides is 1. The van der Waals surface area contributed by atoms with Crippen molar-refractivity contribution in [1.82, 2.24) is 15.0 Å². The number of ether oxygens (including phenoxy) is 1.